The number of aromatic nitrogens is 2. The SMILES string of the molecule is C/C(=N\[S@](=O)C(C)(C)C)c1cc(C)cc2c(=O)n3c(nc12)N1CCOCC1CC3. The van der Waals surface area contributed by atoms with Crippen molar-refractivity contribution in [3.05, 3.63) is 33.6 Å². The Kier molecular flexibility index (Phi) is 5.11. The third kappa shape index (κ3) is 3.64. The first kappa shape index (κ1) is 20.2. The van der Waals surface area contributed by atoms with Crippen LogP contribution in [-0.2, 0) is 22.3 Å². The summed E-state index contributed by atoms with van der Waals surface area (Å²) in [5.74, 6) is 0.705. The molecule has 2 aliphatic rings. The van der Waals surface area contributed by atoms with Crippen molar-refractivity contribution in [3.8, 4) is 0 Å². The zero-order valence-electron chi connectivity index (χ0n) is 17.7. The van der Waals surface area contributed by atoms with E-state index in [1.165, 1.54) is 0 Å². The highest BCUT2D eigenvalue weighted by molar-refractivity contribution is 7.85. The lowest BCUT2D eigenvalue weighted by Gasteiger charge is -2.41. The lowest BCUT2D eigenvalue weighted by Crippen LogP contribution is -2.52. The van der Waals surface area contributed by atoms with Crippen molar-refractivity contribution in [2.45, 2.75) is 58.4 Å². The lowest BCUT2D eigenvalue weighted by atomic mass is 10.0. The number of hydrogen-bond donors (Lipinski definition) is 0. The number of benzene rings is 1. The molecule has 0 radical (unpaired) electrons. The molecular weight excluding hydrogens is 388 g/mol. The van der Waals surface area contributed by atoms with Crippen LogP contribution in [-0.4, -0.2) is 50.0 Å². The van der Waals surface area contributed by atoms with Crippen molar-refractivity contribution in [1.29, 1.82) is 0 Å². The van der Waals surface area contributed by atoms with Crippen LogP contribution in [0.25, 0.3) is 10.9 Å². The molecule has 1 aromatic heterocycles. The number of anilines is 1. The van der Waals surface area contributed by atoms with Gasteiger partial charge in [-0.3, -0.25) is 9.36 Å². The van der Waals surface area contributed by atoms with Crippen LogP contribution in [0, 0.1) is 6.92 Å². The van der Waals surface area contributed by atoms with Crippen molar-refractivity contribution in [1.82, 2.24) is 9.55 Å². The molecule has 3 heterocycles. The van der Waals surface area contributed by atoms with E-state index >= 15 is 0 Å². The summed E-state index contributed by atoms with van der Waals surface area (Å²) in [4.78, 5) is 20.5. The van der Waals surface area contributed by atoms with E-state index < -0.39 is 15.7 Å². The number of aryl methyl sites for hydroxylation is 1. The number of ether oxygens (including phenoxy) is 1. The summed E-state index contributed by atoms with van der Waals surface area (Å²) >= 11 is 0. The van der Waals surface area contributed by atoms with Crippen LogP contribution in [0.4, 0.5) is 5.95 Å². The van der Waals surface area contributed by atoms with Crippen molar-refractivity contribution in [2.24, 2.45) is 4.40 Å². The molecule has 7 nitrogen and oxygen atoms in total. The standard InChI is InChI=1S/C21H28N4O3S/c1-13-10-16(14(2)23-29(27)21(3,4)5)18-17(11-13)19(26)25-7-6-15-12-28-9-8-24(15)20(25)22-18/h10-11,15H,6-9,12H2,1-5H3/b23-14+/t15?,29-/m1/s1. The van der Waals surface area contributed by atoms with Gasteiger partial charge in [0.1, 0.15) is 11.0 Å². The molecule has 1 unspecified atom stereocenters. The summed E-state index contributed by atoms with van der Waals surface area (Å²) in [6.07, 6.45) is 0.879. The summed E-state index contributed by atoms with van der Waals surface area (Å²) in [7, 11) is -1.38. The van der Waals surface area contributed by atoms with Crippen LogP contribution in [0.3, 0.4) is 0 Å². The number of morpholine rings is 1. The Hall–Kier alpha value is -2.06. The predicted octanol–water partition coefficient (Wildman–Crippen LogP) is 2.59. The Morgan fingerprint density at radius 3 is 2.79 bits per heavy atom. The predicted molar refractivity (Wildman–Crippen MR) is 117 cm³/mol. The van der Waals surface area contributed by atoms with E-state index in [-0.39, 0.29) is 11.6 Å². The summed E-state index contributed by atoms with van der Waals surface area (Å²) in [6.45, 7) is 12.2. The number of rotatable bonds is 2. The van der Waals surface area contributed by atoms with Gasteiger partial charge in [-0.2, -0.15) is 4.40 Å². The van der Waals surface area contributed by atoms with Gasteiger partial charge in [-0.25, -0.2) is 9.19 Å². The third-order valence-electron chi connectivity index (χ3n) is 5.49. The fraction of sp³-hybridized carbons (Fsp3) is 0.571. The van der Waals surface area contributed by atoms with Crippen LogP contribution in [0.1, 0.15) is 45.2 Å². The van der Waals surface area contributed by atoms with Gasteiger partial charge < -0.3 is 9.64 Å². The highest BCUT2D eigenvalue weighted by Crippen LogP contribution is 2.28. The monoisotopic (exact) mass is 416 g/mol. The van der Waals surface area contributed by atoms with Gasteiger partial charge in [-0.1, -0.05) is 0 Å². The van der Waals surface area contributed by atoms with Crippen LogP contribution in [0.15, 0.2) is 21.3 Å². The first-order valence-electron chi connectivity index (χ1n) is 10.0. The number of fused-ring (bicyclic) bond motifs is 4. The van der Waals surface area contributed by atoms with Gasteiger partial charge in [-0.05, 0) is 58.7 Å². The molecular formula is C21H28N4O3S. The molecule has 4 rings (SSSR count). The van der Waals surface area contributed by atoms with Crippen molar-refractivity contribution < 1.29 is 8.95 Å². The molecule has 2 aromatic rings. The molecule has 2 aliphatic heterocycles. The molecule has 1 fully saturated rings. The van der Waals surface area contributed by atoms with Gasteiger partial charge in [0.25, 0.3) is 5.56 Å². The van der Waals surface area contributed by atoms with Crippen LogP contribution in [0.5, 0.6) is 0 Å². The first-order valence-corrected chi connectivity index (χ1v) is 11.1. The maximum absolute atomic E-state index is 13.3. The zero-order chi connectivity index (χ0) is 20.9. The second-order valence-corrected chi connectivity index (χ2v) is 10.7. The average molecular weight is 417 g/mol. The van der Waals surface area contributed by atoms with Gasteiger partial charge in [0.15, 0.2) is 0 Å². The van der Waals surface area contributed by atoms with E-state index in [0.717, 1.165) is 24.1 Å². The fourth-order valence-electron chi connectivity index (χ4n) is 3.90. The smallest absolute Gasteiger partial charge is 0.262 e. The average Bonchev–Trinajstić information content (AvgIpc) is 2.67. The maximum Gasteiger partial charge on any atom is 0.262 e. The summed E-state index contributed by atoms with van der Waals surface area (Å²) in [5.41, 5.74) is 2.98. The van der Waals surface area contributed by atoms with E-state index in [0.29, 0.717) is 42.3 Å². The second-order valence-electron chi connectivity index (χ2n) is 8.83. The molecule has 0 spiro atoms. The quantitative estimate of drug-likeness (QED) is 0.704. The van der Waals surface area contributed by atoms with E-state index in [2.05, 4.69) is 9.30 Å². The minimum Gasteiger partial charge on any atom is -0.377 e. The van der Waals surface area contributed by atoms with Crippen LogP contribution in [0.2, 0.25) is 0 Å². The molecule has 1 saturated heterocycles. The zero-order valence-corrected chi connectivity index (χ0v) is 18.5. The van der Waals surface area contributed by atoms with Crippen molar-refractivity contribution >= 4 is 33.5 Å². The molecule has 2 atom stereocenters. The largest absolute Gasteiger partial charge is 0.377 e. The van der Waals surface area contributed by atoms with Gasteiger partial charge in [-0.15, -0.1) is 0 Å². The van der Waals surface area contributed by atoms with E-state index in [1.807, 2.05) is 46.8 Å². The first-order chi connectivity index (χ1) is 13.7. The number of nitrogens with zero attached hydrogens (tertiary/aromatic N) is 4. The Labute approximate surface area is 173 Å². The van der Waals surface area contributed by atoms with Gasteiger partial charge in [0, 0.05) is 18.7 Å². The summed E-state index contributed by atoms with van der Waals surface area (Å²) in [6, 6.07) is 4.12. The van der Waals surface area contributed by atoms with Gasteiger partial charge in [0.05, 0.1) is 40.6 Å². The Morgan fingerprint density at radius 1 is 1.31 bits per heavy atom. The normalized spacial score (nSPS) is 21.1. The van der Waals surface area contributed by atoms with Gasteiger partial charge in [0.2, 0.25) is 5.95 Å². The molecule has 0 aliphatic carbocycles. The van der Waals surface area contributed by atoms with Gasteiger partial charge >= 0.3 is 0 Å². The van der Waals surface area contributed by atoms with Crippen molar-refractivity contribution in [2.75, 3.05) is 24.7 Å². The van der Waals surface area contributed by atoms with E-state index in [4.69, 9.17) is 9.72 Å². The maximum atomic E-state index is 13.3. The number of hydrogen-bond acceptors (Lipinski definition) is 5. The van der Waals surface area contributed by atoms with E-state index in [9.17, 15) is 9.00 Å². The highest BCUT2D eigenvalue weighted by atomic mass is 32.2. The highest BCUT2D eigenvalue weighted by Gasteiger charge is 2.32. The minimum atomic E-state index is -1.38. The molecule has 0 N–H and O–H groups in total. The molecule has 29 heavy (non-hydrogen) atoms. The van der Waals surface area contributed by atoms with Crippen LogP contribution >= 0.6 is 0 Å². The third-order valence-corrected chi connectivity index (χ3v) is 6.97. The van der Waals surface area contributed by atoms with Crippen LogP contribution < -0.4 is 10.5 Å². The molecule has 8 heteroatoms. The van der Waals surface area contributed by atoms with E-state index in [1.54, 1.807) is 4.57 Å². The van der Waals surface area contributed by atoms with Crippen molar-refractivity contribution in [3.63, 3.8) is 0 Å². The second kappa shape index (κ2) is 7.32. The molecule has 156 valence electrons. The Morgan fingerprint density at radius 2 is 2.07 bits per heavy atom. The molecule has 1 aromatic carbocycles. The summed E-state index contributed by atoms with van der Waals surface area (Å²) in [5, 5.41) is 0.589. The molecule has 0 amide bonds. The lowest BCUT2D eigenvalue weighted by molar-refractivity contribution is 0.0844. The summed E-state index contributed by atoms with van der Waals surface area (Å²) < 4.78 is 24.0. The molecule has 0 saturated carbocycles. The minimum absolute atomic E-state index is 0.0235. The Bertz CT molecular complexity index is 1080. The Balaban J connectivity index is 1.93. The fourth-order valence-corrected chi connectivity index (χ4v) is 4.52. The topological polar surface area (TPSA) is 76.8 Å². The molecule has 0 bridgehead atoms.